The molecule has 0 unspecified atom stereocenters. The van der Waals surface area contributed by atoms with E-state index in [4.69, 9.17) is 14.6 Å². The van der Waals surface area contributed by atoms with Crippen LogP contribution in [0.4, 0.5) is 10.5 Å². The van der Waals surface area contributed by atoms with Crippen LogP contribution in [0.15, 0.2) is 30.3 Å². The summed E-state index contributed by atoms with van der Waals surface area (Å²) in [6.07, 6.45) is -0.632. The van der Waals surface area contributed by atoms with E-state index >= 15 is 0 Å². The number of carbonyl (C=O) groups excluding carboxylic acids is 1. The zero-order chi connectivity index (χ0) is 17.5. The molecule has 0 fully saturated rings. The Labute approximate surface area is 138 Å². The first-order valence-electron chi connectivity index (χ1n) is 7.13. The van der Waals surface area contributed by atoms with Crippen LogP contribution >= 0.6 is 0 Å². The van der Waals surface area contributed by atoms with Crippen molar-refractivity contribution in [2.24, 2.45) is 0 Å². The summed E-state index contributed by atoms with van der Waals surface area (Å²) in [6.45, 7) is 2.90. The van der Waals surface area contributed by atoms with Gasteiger partial charge >= 0.3 is 18.1 Å². The number of nitrogens with one attached hydrogen (secondary N) is 1. The van der Waals surface area contributed by atoms with Crippen LogP contribution < -0.4 is 10.1 Å². The van der Waals surface area contributed by atoms with Crippen molar-refractivity contribution in [2.75, 3.05) is 11.9 Å². The Morgan fingerprint density at radius 2 is 1.75 bits per heavy atom. The van der Waals surface area contributed by atoms with Gasteiger partial charge < -0.3 is 14.6 Å². The third-order valence-electron chi connectivity index (χ3n) is 3.01. The van der Waals surface area contributed by atoms with Gasteiger partial charge in [-0.15, -0.1) is 0 Å². The number of rotatable bonds is 6. The van der Waals surface area contributed by atoms with Crippen LogP contribution in [-0.4, -0.2) is 33.7 Å². The highest BCUT2D eigenvalue weighted by molar-refractivity contribution is 5.86. The number of anilines is 1. The van der Waals surface area contributed by atoms with Crippen molar-refractivity contribution in [3.8, 4) is 6.01 Å². The van der Waals surface area contributed by atoms with Crippen LogP contribution in [0.3, 0.4) is 0 Å². The smallest absolute Gasteiger partial charge is 0.412 e. The lowest BCUT2D eigenvalue weighted by atomic mass is 10.2. The first kappa shape index (κ1) is 17.2. The number of hydrogen-bond acceptors (Lipinski definition) is 6. The van der Waals surface area contributed by atoms with Crippen LogP contribution in [0.5, 0.6) is 6.01 Å². The van der Waals surface area contributed by atoms with Gasteiger partial charge in [0.25, 0.3) is 0 Å². The van der Waals surface area contributed by atoms with E-state index in [1.54, 1.807) is 13.8 Å². The summed E-state index contributed by atoms with van der Waals surface area (Å²) in [4.78, 5) is 30.4. The molecule has 0 bridgehead atoms. The van der Waals surface area contributed by atoms with E-state index in [0.29, 0.717) is 17.1 Å². The number of aromatic nitrogens is 2. The average Bonchev–Trinajstić information content (AvgIpc) is 2.55. The summed E-state index contributed by atoms with van der Waals surface area (Å²) in [5.41, 5.74) is 2.16. The van der Waals surface area contributed by atoms with Gasteiger partial charge in [-0.1, -0.05) is 30.3 Å². The van der Waals surface area contributed by atoms with Crippen molar-refractivity contribution in [1.29, 1.82) is 0 Å². The first-order chi connectivity index (χ1) is 11.5. The summed E-state index contributed by atoms with van der Waals surface area (Å²) < 4.78 is 10.1. The zero-order valence-corrected chi connectivity index (χ0v) is 13.3. The molecule has 1 aromatic carbocycles. The largest absolute Gasteiger partial charge is 0.479 e. The minimum Gasteiger partial charge on any atom is -0.479 e. The second kappa shape index (κ2) is 7.91. The summed E-state index contributed by atoms with van der Waals surface area (Å²) in [7, 11) is 0. The Morgan fingerprint density at radius 1 is 1.12 bits per heavy atom. The Morgan fingerprint density at radius 3 is 2.33 bits per heavy atom. The molecule has 1 aromatic heterocycles. The maximum atomic E-state index is 11.9. The van der Waals surface area contributed by atoms with Gasteiger partial charge in [-0.3, -0.25) is 5.32 Å². The molecule has 0 aliphatic rings. The van der Waals surface area contributed by atoms with Gasteiger partial charge in [-0.25, -0.2) is 9.59 Å². The number of carbonyl (C=O) groups is 2. The molecule has 2 N–H and O–H groups in total. The lowest BCUT2D eigenvalue weighted by Gasteiger charge is -2.12. The van der Waals surface area contributed by atoms with E-state index in [2.05, 4.69) is 15.3 Å². The van der Waals surface area contributed by atoms with Crippen molar-refractivity contribution in [2.45, 2.75) is 20.5 Å². The summed E-state index contributed by atoms with van der Waals surface area (Å²) in [5.74, 6) is -1.12. The van der Waals surface area contributed by atoms with E-state index in [0.717, 1.165) is 5.56 Å². The van der Waals surface area contributed by atoms with Crippen molar-refractivity contribution in [3.63, 3.8) is 0 Å². The Hall–Kier alpha value is -3.16. The summed E-state index contributed by atoms with van der Waals surface area (Å²) in [6, 6.07) is 9.23. The van der Waals surface area contributed by atoms with E-state index in [9.17, 15) is 9.59 Å². The average molecular weight is 331 g/mol. The van der Waals surface area contributed by atoms with Gasteiger partial charge in [0.05, 0.1) is 17.1 Å². The molecule has 0 spiro atoms. The maximum absolute atomic E-state index is 11.9. The molecule has 2 aromatic rings. The molecule has 0 atom stereocenters. The molecule has 8 heteroatoms. The highest BCUT2D eigenvalue weighted by Crippen LogP contribution is 2.20. The van der Waals surface area contributed by atoms with Gasteiger partial charge in [0.2, 0.25) is 0 Å². The fourth-order valence-corrected chi connectivity index (χ4v) is 1.92. The van der Waals surface area contributed by atoms with E-state index in [-0.39, 0.29) is 12.6 Å². The van der Waals surface area contributed by atoms with Gasteiger partial charge in [0, 0.05) is 0 Å². The minimum absolute atomic E-state index is 0.0596. The molecule has 1 amide bonds. The second-order valence-corrected chi connectivity index (χ2v) is 4.92. The maximum Gasteiger partial charge on any atom is 0.412 e. The van der Waals surface area contributed by atoms with E-state index in [1.807, 2.05) is 30.3 Å². The van der Waals surface area contributed by atoms with Crippen molar-refractivity contribution in [1.82, 2.24) is 9.97 Å². The Bertz CT molecular complexity index is 711. The number of nitrogens with zero attached hydrogens (tertiary/aromatic N) is 2. The SMILES string of the molecule is Cc1nc(OCC(=O)O)nc(C)c1NC(=O)OCc1ccccc1. The molecular formula is C16H17N3O5. The highest BCUT2D eigenvalue weighted by Gasteiger charge is 2.14. The molecule has 0 aliphatic heterocycles. The van der Waals surface area contributed by atoms with E-state index < -0.39 is 18.7 Å². The molecule has 24 heavy (non-hydrogen) atoms. The van der Waals surface area contributed by atoms with Crippen LogP contribution in [0.2, 0.25) is 0 Å². The monoisotopic (exact) mass is 331 g/mol. The predicted molar refractivity (Wildman–Crippen MR) is 84.9 cm³/mol. The fourth-order valence-electron chi connectivity index (χ4n) is 1.92. The molecule has 8 nitrogen and oxygen atoms in total. The summed E-state index contributed by atoms with van der Waals surface area (Å²) in [5, 5.41) is 11.2. The van der Waals surface area contributed by atoms with Crippen molar-refractivity contribution >= 4 is 17.7 Å². The van der Waals surface area contributed by atoms with Crippen molar-refractivity contribution in [3.05, 3.63) is 47.3 Å². The summed E-state index contributed by atoms with van der Waals surface area (Å²) >= 11 is 0. The number of hydrogen-bond donors (Lipinski definition) is 2. The van der Waals surface area contributed by atoms with E-state index in [1.165, 1.54) is 0 Å². The molecular weight excluding hydrogens is 314 g/mol. The highest BCUT2D eigenvalue weighted by atomic mass is 16.5. The van der Waals surface area contributed by atoms with Crippen LogP contribution in [0.1, 0.15) is 17.0 Å². The van der Waals surface area contributed by atoms with Crippen LogP contribution in [0, 0.1) is 13.8 Å². The second-order valence-electron chi connectivity index (χ2n) is 4.92. The number of amides is 1. The number of carboxylic acid groups (broad SMARTS) is 1. The quantitative estimate of drug-likeness (QED) is 0.835. The first-order valence-corrected chi connectivity index (χ1v) is 7.13. The molecule has 0 aliphatic carbocycles. The van der Waals surface area contributed by atoms with Gasteiger partial charge in [0.1, 0.15) is 6.61 Å². The standard InChI is InChI=1S/C16H17N3O5/c1-10-14(11(2)18-15(17-10)23-9-13(20)21)19-16(22)24-8-12-6-4-3-5-7-12/h3-7H,8-9H2,1-2H3,(H,19,22)(H,20,21). The normalized spacial score (nSPS) is 10.1. The number of ether oxygens (including phenoxy) is 2. The molecule has 126 valence electrons. The molecule has 0 saturated carbocycles. The zero-order valence-electron chi connectivity index (χ0n) is 13.3. The topological polar surface area (TPSA) is 111 Å². The van der Waals surface area contributed by atoms with Gasteiger partial charge in [0.15, 0.2) is 6.61 Å². The Kier molecular flexibility index (Phi) is 5.67. The minimum atomic E-state index is -1.12. The number of aryl methyl sites for hydroxylation is 2. The van der Waals surface area contributed by atoms with Crippen LogP contribution in [-0.2, 0) is 16.1 Å². The molecule has 0 saturated heterocycles. The van der Waals surface area contributed by atoms with Gasteiger partial charge in [-0.05, 0) is 19.4 Å². The van der Waals surface area contributed by atoms with Crippen LogP contribution in [0.25, 0.3) is 0 Å². The molecule has 1 heterocycles. The van der Waals surface area contributed by atoms with Gasteiger partial charge in [-0.2, -0.15) is 9.97 Å². The van der Waals surface area contributed by atoms with Crippen molar-refractivity contribution < 1.29 is 24.2 Å². The third-order valence-corrected chi connectivity index (χ3v) is 3.01. The Balaban J connectivity index is 1.98. The molecule has 2 rings (SSSR count). The number of carboxylic acids is 1. The third kappa shape index (κ3) is 4.94. The number of aliphatic carboxylic acids is 1. The molecule has 0 radical (unpaired) electrons. The lowest BCUT2D eigenvalue weighted by molar-refractivity contribution is -0.139. The lowest BCUT2D eigenvalue weighted by Crippen LogP contribution is -2.17. The predicted octanol–water partition coefficient (Wildman–Crippen LogP) is 2.31. The number of benzene rings is 1. The fraction of sp³-hybridized carbons (Fsp3) is 0.250.